The molecule has 0 amide bonds. The van der Waals surface area contributed by atoms with Gasteiger partial charge >= 0.3 is 0 Å². The highest BCUT2D eigenvalue weighted by atomic mass is 16.5. The second kappa shape index (κ2) is 5.54. The third-order valence-electron chi connectivity index (χ3n) is 2.94. The molecule has 18 heavy (non-hydrogen) atoms. The van der Waals surface area contributed by atoms with Crippen LogP contribution < -0.4 is 4.74 Å². The van der Waals surface area contributed by atoms with E-state index in [1.165, 1.54) is 0 Å². The van der Waals surface area contributed by atoms with Gasteiger partial charge in [0, 0.05) is 13.2 Å². The molecule has 0 saturated carbocycles. The summed E-state index contributed by atoms with van der Waals surface area (Å²) >= 11 is 0. The maximum absolute atomic E-state index is 12.0. The van der Waals surface area contributed by atoms with E-state index in [0.717, 1.165) is 17.7 Å². The minimum atomic E-state index is -0.00611. The molecule has 94 valence electrons. The van der Waals surface area contributed by atoms with Crippen LogP contribution in [0.2, 0.25) is 0 Å². The van der Waals surface area contributed by atoms with Crippen molar-refractivity contribution in [3.63, 3.8) is 0 Å². The maximum Gasteiger partial charge on any atom is 0.216 e. The average Bonchev–Trinajstić information content (AvgIpc) is 2.82. The molecule has 0 spiro atoms. The van der Waals surface area contributed by atoms with E-state index in [1.54, 1.807) is 10.6 Å². The molecule has 0 aliphatic rings. The van der Waals surface area contributed by atoms with Crippen LogP contribution in [0.5, 0.6) is 5.75 Å². The second-order valence-electron chi connectivity index (χ2n) is 4.18. The molecule has 0 fully saturated rings. The summed E-state index contributed by atoms with van der Waals surface area (Å²) in [6, 6.07) is 11.5. The summed E-state index contributed by atoms with van der Waals surface area (Å²) in [5.41, 5.74) is 1.79. The minimum Gasteiger partial charge on any atom is -0.485 e. The molecule has 0 unspecified atom stereocenters. The first kappa shape index (κ1) is 12.4. The number of para-hydroxylation sites is 1. The predicted octanol–water partition coefficient (Wildman–Crippen LogP) is 2.85. The normalized spacial score (nSPS) is 10.3. The first-order valence-corrected chi connectivity index (χ1v) is 6.07. The second-order valence-corrected chi connectivity index (χ2v) is 4.18. The number of carbonyl (C=O) groups is 1. The number of aryl methyl sites for hydroxylation is 2. The highest BCUT2D eigenvalue weighted by Crippen LogP contribution is 2.18. The number of benzene rings is 1. The van der Waals surface area contributed by atoms with Crippen LogP contribution in [0.4, 0.5) is 0 Å². The van der Waals surface area contributed by atoms with Crippen LogP contribution in [0.1, 0.15) is 23.0 Å². The Morgan fingerprint density at radius 2 is 2.00 bits per heavy atom. The van der Waals surface area contributed by atoms with Gasteiger partial charge in [-0.1, -0.05) is 25.1 Å². The zero-order chi connectivity index (χ0) is 13.0. The monoisotopic (exact) mass is 243 g/mol. The van der Waals surface area contributed by atoms with Crippen LogP contribution in [0.15, 0.2) is 42.6 Å². The van der Waals surface area contributed by atoms with Crippen LogP contribution in [-0.2, 0) is 13.5 Å². The van der Waals surface area contributed by atoms with Crippen molar-refractivity contribution in [1.82, 2.24) is 4.57 Å². The van der Waals surface area contributed by atoms with Gasteiger partial charge in [-0.15, -0.1) is 0 Å². The number of nitrogens with zero attached hydrogens (tertiary/aromatic N) is 1. The van der Waals surface area contributed by atoms with E-state index in [1.807, 2.05) is 43.6 Å². The lowest BCUT2D eigenvalue weighted by Crippen LogP contribution is -2.15. The number of carbonyl (C=O) groups excluding carboxylic acids is 1. The SMILES string of the molecule is CCc1ccccc1OCC(=O)c1cccn1C. The Hall–Kier alpha value is -2.03. The van der Waals surface area contributed by atoms with Gasteiger partial charge in [-0.2, -0.15) is 0 Å². The molecule has 0 aliphatic carbocycles. The summed E-state index contributed by atoms with van der Waals surface area (Å²) in [4.78, 5) is 12.0. The smallest absolute Gasteiger partial charge is 0.216 e. The number of hydrogen-bond acceptors (Lipinski definition) is 2. The van der Waals surface area contributed by atoms with Crippen LogP contribution in [0.3, 0.4) is 0 Å². The molecule has 2 rings (SSSR count). The fourth-order valence-corrected chi connectivity index (χ4v) is 1.90. The van der Waals surface area contributed by atoms with E-state index in [9.17, 15) is 4.79 Å². The molecule has 1 aromatic carbocycles. The molecule has 3 nitrogen and oxygen atoms in total. The first-order chi connectivity index (χ1) is 8.72. The van der Waals surface area contributed by atoms with Crippen molar-refractivity contribution in [2.24, 2.45) is 7.05 Å². The lowest BCUT2D eigenvalue weighted by atomic mass is 10.1. The van der Waals surface area contributed by atoms with E-state index in [-0.39, 0.29) is 12.4 Å². The summed E-state index contributed by atoms with van der Waals surface area (Å²) in [5.74, 6) is 0.788. The number of aromatic nitrogens is 1. The lowest BCUT2D eigenvalue weighted by Gasteiger charge is -2.09. The molecule has 0 atom stereocenters. The van der Waals surface area contributed by atoms with Crippen molar-refractivity contribution >= 4 is 5.78 Å². The van der Waals surface area contributed by atoms with Gasteiger partial charge in [0.25, 0.3) is 0 Å². The summed E-state index contributed by atoms with van der Waals surface area (Å²) in [5, 5.41) is 0. The predicted molar refractivity (Wildman–Crippen MR) is 71.1 cm³/mol. The van der Waals surface area contributed by atoms with Crippen molar-refractivity contribution in [3.05, 3.63) is 53.9 Å². The summed E-state index contributed by atoms with van der Waals surface area (Å²) in [7, 11) is 1.85. The zero-order valence-electron chi connectivity index (χ0n) is 10.7. The fourth-order valence-electron chi connectivity index (χ4n) is 1.90. The van der Waals surface area contributed by atoms with Gasteiger partial charge in [0.15, 0.2) is 6.61 Å². The largest absolute Gasteiger partial charge is 0.485 e. The number of hydrogen-bond donors (Lipinski definition) is 0. The Bertz CT molecular complexity index is 543. The molecular weight excluding hydrogens is 226 g/mol. The molecular formula is C15H17NO2. The summed E-state index contributed by atoms with van der Waals surface area (Å²) < 4.78 is 7.41. The van der Waals surface area contributed by atoms with Gasteiger partial charge < -0.3 is 9.30 Å². The molecule has 1 heterocycles. The average molecular weight is 243 g/mol. The van der Waals surface area contributed by atoms with Gasteiger partial charge in [0.2, 0.25) is 5.78 Å². The van der Waals surface area contributed by atoms with Gasteiger partial charge in [-0.25, -0.2) is 0 Å². The maximum atomic E-state index is 12.0. The van der Waals surface area contributed by atoms with Gasteiger partial charge in [0.1, 0.15) is 5.75 Å². The molecule has 0 radical (unpaired) electrons. The standard InChI is InChI=1S/C15H17NO2/c1-3-12-7-4-5-9-15(12)18-11-14(17)13-8-6-10-16(13)2/h4-10H,3,11H2,1-2H3. The Balaban J connectivity index is 2.04. The van der Waals surface area contributed by atoms with Gasteiger partial charge in [0.05, 0.1) is 5.69 Å². The third-order valence-corrected chi connectivity index (χ3v) is 2.94. The van der Waals surface area contributed by atoms with E-state index in [4.69, 9.17) is 4.74 Å². The topological polar surface area (TPSA) is 31.2 Å². The summed E-state index contributed by atoms with van der Waals surface area (Å²) in [6.45, 7) is 2.15. The Morgan fingerprint density at radius 3 is 2.67 bits per heavy atom. The van der Waals surface area contributed by atoms with Crippen molar-refractivity contribution in [2.45, 2.75) is 13.3 Å². The lowest BCUT2D eigenvalue weighted by molar-refractivity contribution is 0.0913. The van der Waals surface area contributed by atoms with Crippen LogP contribution in [0, 0.1) is 0 Å². The highest BCUT2D eigenvalue weighted by Gasteiger charge is 2.10. The Morgan fingerprint density at radius 1 is 1.22 bits per heavy atom. The molecule has 0 aliphatic heterocycles. The summed E-state index contributed by atoms with van der Waals surface area (Å²) in [6.07, 6.45) is 2.75. The van der Waals surface area contributed by atoms with Crippen LogP contribution in [-0.4, -0.2) is 17.0 Å². The van der Waals surface area contributed by atoms with Crippen molar-refractivity contribution in [1.29, 1.82) is 0 Å². The van der Waals surface area contributed by atoms with Crippen molar-refractivity contribution in [2.75, 3.05) is 6.61 Å². The van der Waals surface area contributed by atoms with E-state index < -0.39 is 0 Å². The van der Waals surface area contributed by atoms with Crippen molar-refractivity contribution < 1.29 is 9.53 Å². The quantitative estimate of drug-likeness (QED) is 0.756. The first-order valence-electron chi connectivity index (χ1n) is 6.07. The fraction of sp³-hybridized carbons (Fsp3) is 0.267. The van der Waals surface area contributed by atoms with Crippen LogP contribution in [0.25, 0.3) is 0 Å². The number of Topliss-reactive ketones (excluding diaryl/α,β-unsaturated/α-hetero) is 1. The van der Waals surface area contributed by atoms with Crippen molar-refractivity contribution in [3.8, 4) is 5.75 Å². The van der Waals surface area contributed by atoms with Gasteiger partial charge in [-0.3, -0.25) is 4.79 Å². The van der Waals surface area contributed by atoms with Crippen LogP contribution >= 0.6 is 0 Å². The van der Waals surface area contributed by atoms with E-state index in [2.05, 4.69) is 6.92 Å². The number of ether oxygens (including phenoxy) is 1. The molecule has 0 saturated heterocycles. The van der Waals surface area contributed by atoms with E-state index >= 15 is 0 Å². The molecule has 0 N–H and O–H groups in total. The van der Waals surface area contributed by atoms with E-state index in [0.29, 0.717) is 5.69 Å². The third kappa shape index (κ3) is 2.62. The highest BCUT2D eigenvalue weighted by molar-refractivity contribution is 5.95. The molecule has 2 aromatic rings. The number of rotatable bonds is 5. The molecule has 1 aromatic heterocycles. The molecule has 3 heteroatoms. The van der Waals surface area contributed by atoms with Gasteiger partial charge in [-0.05, 0) is 30.2 Å². The number of ketones is 1. The Kier molecular flexibility index (Phi) is 3.82. The zero-order valence-corrected chi connectivity index (χ0v) is 10.7. The molecule has 0 bridgehead atoms. The Labute approximate surface area is 107 Å². The minimum absolute atomic E-state index is 0.00611.